The molecule has 18 heavy (non-hydrogen) atoms. The van der Waals surface area contributed by atoms with E-state index in [1.165, 1.54) is 5.56 Å². The number of aromatic nitrogens is 2. The van der Waals surface area contributed by atoms with Crippen molar-refractivity contribution in [2.24, 2.45) is 0 Å². The van der Waals surface area contributed by atoms with E-state index in [0.29, 0.717) is 5.56 Å². The van der Waals surface area contributed by atoms with Crippen LogP contribution in [-0.4, -0.2) is 16.1 Å². The Morgan fingerprint density at radius 1 is 1.11 bits per heavy atom. The summed E-state index contributed by atoms with van der Waals surface area (Å²) in [4.78, 5) is 10.7. The maximum Gasteiger partial charge on any atom is 0.150 e. The number of rotatable bonds is 3. The van der Waals surface area contributed by atoms with Gasteiger partial charge in [0.05, 0.1) is 12.1 Å². The highest BCUT2D eigenvalue weighted by molar-refractivity contribution is 5.86. The third-order valence-electron chi connectivity index (χ3n) is 2.90. The van der Waals surface area contributed by atoms with Crippen LogP contribution in [0, 0.1) is 0 Å². The second kappa shape index (κ2) is 4.45. The Labute approximate surface area is 105 Å². The molecule has 0 unspecified atom stereocenters. The third kappa shape index (κ3) is 2.02. The van der Waals surface area contributed by atoms with Gasteiger partial charge in [-0.3, -0.25) is 9.48 Å². The standard InChI is InChI=1S/C15H12N2O/c18-11-13-6-7-15-14(8-13)10-17(16-15)9-12-4-2-1-3-5-12/h1-8,10-11H,9H2. The van der Waals surface area contributed by atoms with Gasteiger partial charge in [0.25, 0.3) is 0 Å². The maximum atomic E-state index is 10.7. The summed E-state index contributed by atoms with van der Waals surface area (Å²) in [7, 11) is 0. The monoisotopic (exact) mass is 236 g/mol. The number of fused-ring (bicyclic) bond motifs is 1. The minimum absolute atomic E-state index is 0.682. The number of carbonyl (C=O) groups excluding carboxylic acids is 1. The van der Waals surface area contributed by atoms with E-state index in [9.17, 15) is 4.79 Å². The molecule has 3 nitrogen and oxygen atoms in total. The Balaban J connectivity index is 1.96. The van der Waals surface area contributed by atoms with E-state index >= 15 is 0 Å². The van der Waals surface area contributed by atoms with E-state index < -0.39 is 0 Å². The molecule has 0 N–H and O–H groups in total. The Morgan fingerprint density at radius 3 is 2.72 bits per heavy atom. The van der Waals surface area contributed by atoms with E-state index in [4.69, 9.17) is 0 Å². The van der Waals surface area contributed by atoms with Crippen molar-refractivity contribution in [1.82, 2.24) is 9.78 Å². The zero-order valence-corrected chi connectivity index (χ0v) is 9.78. The minimum Gasteiger partial charge on any atom is -0.298 e. The highest BCUT2D eigenvalue weighted by atomic mass is 16.1. The summed E-state index contributed by atoms with van der Waals surface area (Å²) >= 11 is 0. The van der Waals surface area contributed by atoms with Crippen LogP contribution in [0.3, 0.4) is 0 Å². The third-order valence-corrected chi connectivity index (χ3v) is 2.90. The topological polar surface area (TPSA) is 34.9 Å². The van der Waals surface area contributed by atoms with Gasteiger partial charge in [0.1, 0.15) is 6.29 Å². The van der Waals surface area contributed by atoms with Gasteiger partial charge in [-0.25, -0.2) is 0 Å². The molecule has 0 saturated heterocycles. The van der Waals surface area contributed by atoms with Crippen molar-refractivity contribution in [3.05, 3.63) is 65.9 Å². The fourth-order valence-electron chi connectivity index (χ4n) is 2.02. The van der Waals surface area contributed by atoms with Gasteiger partial charge in [0.15, 0.2) is 0 Å². The Hall–Kier alpha value is -2.42. The lowest BCUT2D eigenvalue weighted by molar-refractivity contribution is 0.112. The molecule has 1 heterocycles. The van der Waals surface area contributed by atoms with Crippen LogP contribution in [0.15, 0.2) is 54.7 Å². The van der Waals surface area contributed by atoms with Gasteiger partial charge in [0.2, 0.25) is 0 Å². The molecule has 0 atom stereocenters. The van der Waals surface area contributed by atoms with Gasteiger partial charge >= 0.3 is 0 Å². The van der Waals surface area contributed by atoms with Crippen LogP contribution in [0.25, 0.3) is 10.9 Å². The van der Waals surface area contributed by atoms with Crippen molar-refractivity contribution < 1.29 is 4.79 Å². The number of aldehydes is 1. The SMILES string of the molecule is O=Cc1ccc2nn(Cc3ccccc3)cc2c1. The molecule has 0 fully saturated rings. The normalized spacial score (nSPS) is 10.7. The van der Waals surface area contributed by atoms with Crippen molar-refractivity contribution in [3.8, 4) is 0 Å². The lowest BCUT2D eigenvalue weighted by Crippen LogP contribution is -1.99. The summed E-state index contributed by atoms with van der Waals surface area (Å²) in [6.45, 7) is 0.742. The molecule has 0 radical (unpaired) electrons. The van der Waals surface area contributed by atoms with Gasteiger partial charge in [-0.15, -0.1) is 0 Å². The minimum atomic E-state index is 0.682. The lowest BCUT2D eigenvalue weighted by atomic mass is 10.2. The predicted molar refractivity (Wildman–Crippen MR) is 70.7 cm³/mol. The highest BCUT2D eigenvalue weighted by Gasteiger charge is 2.02. The second-order valence-electron chi connectivity index (χ2n) is 4.25. The molecule has 3 aromatic rings. The molecule has 2 aromatic carbocycles. The second-order valence-corrected chi connectivity index (χ2v) is 4.25. The van der Waals surface area contributed by atoms with Crippen molar-refractivity contribution in [2.45, 2.75) is 6.54 Å². The van der Waals surface area contributed by atoms with Crippen molar-refractivity contribution in [1.29, 1.82) is 0 Å². The summed E-state index contributed by atoms with van der Waals surface area (Å²) in [6.07, 6.45) is 2.82. The van der Waals surface area contributed by atoms with Crippen LogP contribution in [-0.2, 0) is 6.54 Å². The summed E-state index contributed by atoms with van der Waals surface area (Å²) in [5, 5.41) is 5.48. The lowest BCUT2D eigenvalue weighted by Gasteiger charge is -2.00. The van der Waals surface area contributed by atoms with Gasteiger partial charge in [-0.2, -0.15) is 5.10 Å². The Morgan fingerprint density at radius 2 is 1.94 bits per heavy atom. The number of benzene rings is 2. The van der Waals surface area contributed by atoms with E-state index in [1.54, 1.807) is 6.07 Å². The van der Waals surface area contributed by atoms with Crippen LogP contribution < -0.4 is 0 Å². The van der Waals surface area contributed by atoms with E-state index in [2.05, 4.69) is 17.2 Å². The summed E-state index contributed by atoms with van der Waals surface area (Å²) < 4.78 is 1.90. The zero-order chi connectivity index (χ0) is 12.4. The molecule has 0 aliphatic rings. The van der Waals surface area contributed by atoms with Crippen LogP contribution in [0.4, 0.5) is 0 Å². The molecule has 0 aliphatic carbocycles. The molecule has 3 heteroatoms. The number of hydrogen-bond acceptors (Lipinski definition) is 2. The summed E-state index contributed by atoms with van der Waals surface area (Å²) in [6, 6.07) is 15.7. The highest BCUT2D eigenvalue weighted by Crippen LogP contribution is 2.14. The maximum absolute atomic E-state index is 10.7. The average molecular weight is 236 g/mol. The molecular formula is C15H12N2O. The first-order chi connectivity index (χ1) is 8.85. The van der Waals surface area contributed by atoms with Gasteiger partial charge in [0, 0.05) is 17.1 Å². The van der Waals surface area contributed by atoms with Gasteiger partial charge < -0.3 is 0 Å². The van der Waals surface area contributed by atoms with Gasteiger partial charge in [-0.1, -0.05) is 30.3 Å². The van der Waals surface area contributed by atoms with Crippen molar-refractivity contribution in [2.75, 3.05) is 0 Å². The molecule has 0 saturated carbocycles. The molecule has 1 aromatic heterocycles. The van der Waals surface area contributed by atoms with Crippen LogP contribution in [0.2, 0.25) is 0 Å². The first-order valence-corrected chi connectivity index (χ1v) is 5.81. The largest absolute Gasteiger partial charge is 0.298 e. The molecular weight excluding hydrogens is 224 g/mol. The molecule has 0 bridgehead atoms. The van der Waals surface area contributed by atoms with Crippen LogP contribution in [0.1, 0.15) is 15.9 Å². The summed E-state index contributed by atoms with van der Waals surface area (Å²) in [5.74, 6) is 0. The van der Waals surface area contributed by atoms with E-state index in [0.717, 1.165) is 23.7 Å². The number of carbonyl (C=O) groups is 1. The van der Waals surface area contributed by atoms with E-state index in [1.807, 2.05) is 41.2 Å². The number of nitrogens with zero attached hydrogens (tertiary/aromatic N) is 2. The zero-order valence-electron chi connectivity index (χ0n) is 9.78. The molecule has 0 amide bonds. The van der Waals surface area contributed by atoms with Crippen molar-refractivity contribution in [3.63, 3.8) is 0 Å². The van der Waals surface area contributed by atoms with Crippen LogP contribution >= 0.6 is 0 Å². The summed E-state index contributed by atoms with van der Waals surface area (Å²) in [5.41, 5.74) is 2.80. The first kappa shape index (κ1) is 10.7. The smallest absolute Gasteiger partial charge is 0.150 e. The average Bonchev–Trinajstić information content (AvgIpc) is 2.80. The van der Waals surface area contributed by atoms with Crippen LogP contribution in [0.5, 0.6) is 0 Å². The molecule has 88 valence electrons. The Bertz CT molecular complexity index is 686. The van der Waals surface area contributed by atoms with Crippen molar-refractivity contribution >= 4 is 17.2 Å². The van der Waals surface area contributed by atoms with Gasteiger partial charge in [-0.05, 0) is 23.8 Å². The predicted octanol–water partition coefficient (Wildman–Crippen LogP) is 2.90. The fourth-order valence-corrected chi connectivity index (χ4v) is 2.02. The molecule has 0 spiro atoms. The fraction of sp³-hybridized carbons (Fsp3) is 0.0667. The quantitative estimate of drug-likeness (QED) is 0.655. The first-order valence-electron chi connectivity index (χ1n) is 5.81. The molecule has 3 rings (SSSR count). The van der Waals surface area contributed by atoms with E-state index in [-0.39, 0.29) is 0 Å². The number of hydrogen-bond donors (Lipinski definition) is 0. The molecule has 0 aliphatic heterocycles. The Kier molecular flexibility index (Phi) is 2.65.